The Morgan fingerprint density at radius 2 is 2.20 bits per heavy atom. The maximum atomic E-state index is 12.3. The monoisotopic (exact) mass is 293 g/mol. The summed E-state index contributed by atoms with van der Waals surface area (Å²) in [7, 11) is 1.88. The third kappa shape index (κ3) is 3.15. The van der Waals surface area contributed by atoms with Crippen LogP contribution in [0.3, 0.4) is 0 Å². The Kier molecular flexibility index (Phi) is 4.09. The molecule has 0 aromatic carbocycles. The van der Waals surface area contributed by atoms with Gasteiger partial charge in [-0.15, -0.1) is 0 Å². The number of carbonyl (C=O) groups is 1. The van der Waals surface area contributed by atoms with Crippen molar-refractivity contribution < 1.29 is 27.2 Å². The molecule has 1 saturated heterocycles. The number of likely N-dealkylation sites (N-methyl/N-ethyl adjacent to an activating group) is 1. The lowest BCUT2D eigenvalue weighted by molar-refractivity contribution is -0.172. The predicted molar refractivity (Wildman–Crippen MR) is 60.0 cm³/mol. The third-order valence-corrected chi connectivity index (χ3v) is 3.06. The van der Waals surface area contributed by atoms with Gasteiger partial charge in [0.25, 0.3) is 0 Å². The highest BCUT2D eigenvalue weighted by Gasteiger charge is 2.44. The second kappa shape index (κ2) is 5.49. The number of alkyl halides is 3. The fraction of sp³-hybridized carbons (Fsp3) is 0.727. The molecule has 0 saturated carbocycles. The van der Waals surface area contributed by atoms with Gasteiger partial charge in [0.2, 0.25) is 17.5 Å². The molecule has 2 rings (SSSR count). The molecule has 2 atom stereocenters. The number of hydrogen-bond donors (Lipinski definition) is 0. The maximum Gasteiger partial charge on any atom is 0.450 e. The minimum Gasteiger partial charge on any atom is -0.367 e. The largest absolute Gasteiger partial charge is 0.450 e. The normalized spacial score (nSPS) is 22.8. The molecule has 0 spiro atoms. The molecular weight excluding hydrogens is 279 g/mol. The summed E-state index contributed by atoms with van der Waals surface area (Å²) in [5.74, 6) is -3.61. The lowest BCUT2D eigenvalue weighted by Gasteiger charge is -2.27. The molecule has 6 nitrogen and oxygen atoms in total. The number of carbonyl (C=O) groups excluding carboxylic acids is 1. The van der Waals surface area contributed by atoms with Crippen LogP contribution in [0.1, 0.15) is 30.7 Å². The zero-order valence-electron chi connectivity index (χ0n) is 11.0. The quantitative estimate of drug-likeness (QED) is 0.837. The molecule has 0 amide bonds. The number of nitrogens with zero attached hydrogens (tertiary/aromatic N) is 3. The molecule has 1 aliphatic heterocycles. The Balaban J connectivity index is 2.10. The Morgan fingerprint density at radius 1 is 1.50 bits per heavy atom. The maximum absolute atomic E-state index is 12.3. The Morgan fingerprint density at radius 3 is 2.80 bits per heavy atom. The van der Waals surface area contributed by atoms with Crippen molar-refractivity contribution >= 4 is 5.78 Å². The first-order chi connectivity index (χ1) is 9.29. The standard InChI is InChI=1S/C11H14F3N3O3/c1-6(8(18)11(12,13)14)10-15-9(16-20-10)7-5-17(2)3-4-19-7/h6-7H,3-5H2,1-2H3. The van der Waals surface area contributed by atoms with Crippen LogP contribution >= 0.6 is 0 Å². The molecule has 0 bridgehead atoms. The van der Waals surface area contributed by atoms with Crippen molar-refractivity contribution in [3.8, 4) is 0 Å². The summed E-state index contributed by atoms with van der Waals surface area (Å²) in [5.41, 5.74) is 0. The van der Waals surface area contributed by atoms with Crippen LogP contribution < -0.4 is 0 Å². The van der Waals surface area contributed by atoms with Crippen molar-refractivity contribution in [3.63, 3.8) is 0 Å². The molecule has 0 aliphatic carbocycles. The minimum absolute atomic E-state index is 0.161. The summed E-state index contributed by atoms with van der Waals surface area (Å²) < 4.78 is 47.2. The van der Waals surface area contributed by atoms with Gasteiger partial charge in [0, 0.05) is 13.1 Å². The van der Waals surface area contributed by atoms with E-state index in [1.54, 1.807) is 0 Å². The summed E-state index contributed by atoms with van der Waals surface area (Å²) in [5, 5.41) is 3.60. The lowest BCUT2D eigenvalue weighted by atomic mass is 10.1. The number of morpholine rings is 1. The molecule has 0 N–H and O–H groups in total. The number of Topliss-reactive ketones (excluding diaryl/α,β-unsaturated/α-hetero) is 1. The first kappa shape index (κ1) is 14.9. The van der Waals surface area contributed by atoms with E-state index in [2.05, 4.69) is 10.1 Å². The molecular formula is C11H14F3N3O3. The van der Waals surface area contributed by atoms with Gasteiger partial charge in [-0.1, -0.05) is 5.16 Å². The van der Waals surface area contributed by atoms with E-state index in [4.69, 9.17) is 9.26 Å². The van der Waals surface area contributed by atoms with E-state index >= 15 is 0 Å². The van der Waals surface area contributed by atoms with Crippen LogP contribution in [-0.4, -0.2) is 53.7 Å². The smallest absolute Gasteiger partial charge is 0.367 e. The highest BCUT2D eigenvalue weighted by atomic mass is 19.4. The summed E-state index contributed by atoms with van der Waals surface area (Å²) in [6, 6.07) is 0. The highest BCUT2D eigenvalue weighted by molar-refractivity contribution is 5.89. The van der Waals surface area contributed by atoms with Gasteiger partial charge in [-0.3, -0.25) is 4.79 Å². The Hall–Kier alpha value is -1.48. The van der Waals surface area contributed by atoms with Crippen LogP contribution in [0.4, 0.5) is 13.2 Å². The number of ketones is 1. The van der Waals surface area contributed by atoms with Crippen LogP contribution in [-0.2, 0) is 9.53 Å². The second-order valence-corrected chi connectivity index (χ2v) is 4.70. The van der Waals surface area contributed by atoms with E-state index < -0.39 is 24.0 Å². The van der Waals surface area contributed by atoms with Gasteiger partial charge in [0.1, 0.15) is 12.0 Å². The molecule has 9 heteroatoms. The van der Waals surface area contributed by atoms with Crippen LogP contribution in [0.5, 0.6) is 0 Å². The van der Waals surface area contributed by atoms with Crippen molar-refractivity contribution in [2.75, 3.05) is 26.7 Å². The molecule has 112 valence electrons. The van der Waals surface area contributed by atoms with Crippen molar-refractivity contribution in [1.82, 2.24) is 15.0 Å². The van der Waals surface area contributed by atoms with Crippen molar-refractivity contribution in [2.24, 2.45) is 0 Å². The van der Waals surface area contributed by atoms with E-state index in [0.717, 1.165) is 13.5 Å². The molecule has 1 fully saturated rings. The molecule has 2 unspecified atom stereocenters. The number of ether oxygens (including phenoxy) is 1. The molecule has 1 aromatic rings. The van der Waals surface area contributed by atoms with Gasteiger partial charge < -0.3 is 14.2 Å². The van der Waals surface area contributed by atoms with E-state index in [1.165, 1.54) is 0 Å². The fourth-order valence-corrected chi connectivity index (χ4v) is 1.85. The summed E-state index contributed by atoms with van der Waals surface area (Å²) >= 11 is 0. The molecule has 1 aliphatic rings. The molecule has 0 radical (unpaired) electrons. The van der Waals surface area contributed by atoms with Crippen molar-refractivity contribution in [1.29, 1.82) is 0 Å². The topological polar surface area (TPSA) is 68.5 Å². The van der Waals surface area contributed by atoms with Crippen LogP contribution in [0, 0.1) is 0 Å². The third-order valence-electron chi connectivity index (χ3n) is 3.06. The molecule has 2 heterocycles. The molecule has 1 aromatic heterocycles. The van der Waals surface area contributed by atoms with E-state index in [1.807, 2.05) is 11.9 Å². The molecule has 20 heavy (non-hydrogen) atoms. The first-order valence-electron chi connectivity index (χ1n) is 6.03. The average Bonchev–Trinajstić information content (AvgIpc) is 2.85. The number of rotatable bonds is 3. The van der Waals surface area contributed by atoms with Crippen molar-refractivity contribution in [3.05, 3.63) is 11.7 Å². The zero-order valence-corrected chi connectivity index (χ0v) is 11.0. The SMILES string of the molecule is CC(C(=O)C(F)(F)F)c1nc(C2CN(C)CCO2)no1. The fourth-order valence-electron chi connectivity index (χ4n) is 1.85. The average molecular weight is 293 g/mol. The second-order valence-electron chi connectivity index (χ2n) is 4.70. The number of hydrogen-bond acceptors (Lipinski definition) is 6. The van der Waals surface area contributed by atoms with Crippen LogP contribution in [0.25, 0.3) is 0 Å². The number of aromatic nitrogens is 2. The van der Waals surface area contributed by atoms with Gasteiger partial charge in [-0.25, -0.2) is 0 Å². The van der Waals surface area contributed by atoms with E-state index in [-0.39, 0.29) is 11.7 Å². The van der Waals surface area contributed by atoms with E-state index in [0.29, 0.717) is 13.2 Å². The van der Waals surface area contributed by atoms with Crippen LogP contribution in [0.2, 0.25) is 0 Å². The van der Waals surface area contributed by atoms with Gasteiger partial charge in [-0.05, 0) is 14.0 Å². The van der Waals surface area contributed by atoms with Gasteiger partial charge in [0.05, 0.1) is 6.61 Å². The Labute approximate surface area is 112 Å². The summed E-state index contributed by atoms with van der Waals surface area (Å²) in [4.78, 5) is 16.9. The van der Waals surface area contributed by atoms with Crippen molar-refractivity contribution in [2.45, 2.75) is 25.1 Å². The number of halogens is 3. The summed E-state index contributed by atoms with van der Waals surface area (Å²) in [6.45, 7) is 2.83. The minimum atomic E-state index is -4.92. The van der Waals surface area contributed by atoms with Gasteiger partial charge in [0.15, 0.2) is 0 Å². The summed E-state index contributed by atoms with van der Waals surface area (Å²) in [6.07, 6.45) is -5.38. The van der Waals surface area contributed by atoms with E-state index in [9.17, 15) is 18.0 Å². The van der Waals surface area contributed by atoms with Gasteiger partial charge >= 0.3 is 6.18 Å². The lowest BCUT2D eigenvalue weighted by Crippen LogP contribution is -2.35. The first-order valence-corrected chi connectivity index (χ1v) is 6.03. The highest BCUT2D eigenvalue weighted by Crippen LogP contribution is 2.27. The predicted octanol–water partition coefficient (Wildman–Crippen LogP) is 1.31. The van der Waals surface area contributed by atoms with Crippen LogP contribution in [0.15, 0.2) is 4.52 Å². The zero-order chi connectivity index (χ0) is 14.9. The Bertz CT molecular complexity index is 489. The van der Waals surface area contributed by atoms with Gasteiger partial charge in [-0.2, -0.15) is 18.2 Å².